The summed E-state index contributed by atoms with van der Waals surface area (Å²) in [4.78, 5) is 16.7. The number of hydrogen-bond acceptors (Lipinski definition) is 3. The van der Waals surface area contributed by atoms with E-state index < -0.39 is 0 Å². The predicted octanol–water partition coefficient (Wildman–Crippen LogP) is 4.56. The summed E-state index contributed by atoms with van der Waals surface area (Å²) in [5.41, 5.74) is 5.55. The second-order valence-electron chi connectivity index (χ2n) is 6.13. The number of rotatable bonds is 5. The lowest BCUT2D eigenvalue weighted by Gasteiger charge is -2.10. The van der Waals surface area contributed by atoms with Gasteiger partial charge in [0.25, 0.3) is 5.91 Å². The van der Waals surface area contributed by atoms with Crippen molar-refractivity contribution in [3.63, 3.8) is 0 Å². The molecule has 2 N–H and O–H groups in total. The van der Waals surface area contributed by atoms with Gasteiger partial charge in [0.15, 0.2) is 0 Å². The number of nitrogens with zero attached hydrogens (tertiary/aromatic N) is 1. The van der Waals surface area contributed by atoms with Crippen LogP contribution < -0.4 is 10.6 Å². The Hall–Kier alpha value is -3.14. The molecule has 0 aliphatic carbocycles. The monoisotopic (exact) mass is 331 g/mol. The molecule has 0 atom stereocenters. The Balaban J connectivity index is 1.68. The first-order valence-electron chi connectivity index (χ1n) is 8.23. The van der Waals surface area contributed by atoms with E-state index in [4.69, 9.17) is 0 Å². The summed E-state index contributed by atoms with van der Waals surface area (Å²) >= 11 is 0. The molecule has 0 saturated carbocycles. The minimum absolute atomic E-state index is 0.166. The van der Waals surface area contributed by atoms with Crippen LogP contribution >= 0.6 is 0 Å². The van der Waals surface area contributed by atoms with Crippen LogP contribution in [0.2, 0.25) is 0 Å². The van der Waals surface area contributed by atoms with Crippen molar-refractivity contribution in [2.45, 2.75) is 20.4 Å². The van der Waals surface area contributed by atoms with Crippen LogP contribution in [-0.4, -0.2) is 10.9 Å². The summed E-state index contributed by atoms with van der Waals surface area (Å²) < 4.78 is 0. The molecule has 4 heteroatoms. The maximum absolute atomic E-state index is 12.5. The van der Waals surface area contributed by atoms with Crippen LogP contribution in [0.1, 0.15) is 27.0 Å². The molecule has 4 nitrogen and oxygen atoms in total. The average molecular weight is 331 g/mol. The topological polar surface area (TPSA) is 54.0 Å². The highest BCUT2D eigenvalue weighted by Gasteiger charge is 2.08. The third kappa shape index (κ3) is 4.67. The normalized spacial score (nSPS) is 10.3. The number of hydrogen-bond donors (Lipinski definition) is 2. The van der Waals surface area contributed by atoms with Gasteiger partial charge in [-0.3, -0.25) is 9.78 Å². The van der Waals surface area contributed by atoms with Crippen molar-refractivity contribution < 1.29 is 4.79 Å². The van der Waals surface area contributed by atoms with E-state index in [1.165, 1.54) is 5.56 Å². The Labute approximate surface area is 147 Å². The lowest BCUT2D eigenvalue weighted by atomic mass is 10.1. The van der Waals surface area contributed by atoms with Crippen molar-refractivity contribution in [1.29, 1.82) is 0 Å². The number of aromatic nitrogens is 1. The third-order valence-corrected chi connectivity index (χ3v) is 3.82. The highest BCUT2D eigenvalue weighted by atomic mass is 16.1. The molecule has 0 spiro atoms. The number of amides is 1. The van der Waals surface area contributed by atoms with Crippen LogP contribution in [0.5, 0.6) is 0 Å². The molecule has 0 bridgehead atoms. The second-order valence-corrected chi connectivity index (χ2v) is 6.13. The summed E-state index contributed by atoms with van der Waals surface area (Å²) in [7, 11) is 0. The maximum Gasteiger partial charge on any atom is 0.257 e. The molecule has 0 saturated heterocycles. The Morgan fingerprint density at radius 2 is 1.64 bits per heavy atom. The first-order chi connectivity index (χ1) is 12.1. The number of benzene rings is 2. The summed E-state index contributed by atoms with van der Waals surface area (Å²) in [6.45, 7) is 4.71. The zero-order chi connectivity index (χ0) is 17.6. The van der Waals surface area contributed by atoms with Crippen molar-refractivity contribution in [1.82, 2.24) is 4.98 Å². The zero-order valence-corrected chi connectivity index (χ0v) is 14.4. The van der Waals surface area contributed by atoms with Crippen molar-refractivity contribution in [2.75, 3.05) is 10.6 Å². The predicted molar refractivity (Wildman–Crippen MR) is 102 cm³/mol. The minimum Gasteiger partial charge on any atom is -0.380 e. The van der Waals surface area contributed by atoms with E-state index in [1.807, 2.05) is 50.2 Å². The Bertz CT molecular complexity index is 855. The van der Waals surface area contributed by atoms with E-state index in [0.29, 0.717) is 12.1 Å². The van der Waals surface area contributed by atoms with E-state index in [9.17, 15) is 4.79 Å². The van der Waals surface area contributed by atoms with E-state index >= 15 is 0 Å². The fourth-order valence-electron chi connectivity index (χ4n) is 2.71. The van der Waals surface area contributed by atoms with Gasteiger partial charge in [-0.2, -0.15) is 0 Å². The molecular formula is C21H21N3O. The second kappa shape index (κ2) is 7.62. The third-order valence-electron chi connectivity index (χ3n) is 3.82. The van der Waals surface area contributed by atoms with Crippen LogP contribution in [0.4, 0.5) is 11.4 Å². The Morgan fingerprint density at radius 1 is 0.920 bits per heavy atom. The average Bonchev–Trinajstić information content (AvgIpc) is 2.60. The van der Waals surface area contributed by atoms with Gasteiger partial charge in [-0.1, -0.05) is 36.4 Å². The molecule has 0 aliphatic rings. The van der Waals surface area contributed by atoms with Crippen LogP contribution in [0, 0.1) is 13.8 Å². The van der Waals surface area contributed by atoms with Gasteiger partial charge < -0.3 is 10.6 Å². The number of anilines is 2. The summed E-state index contributed by atoms with van der Waals surface area (Å²) in [5.74, 6) is -0.166. The van der Waals surface area contributed by atoms with E-state index in [1.54, 1.807) is 12.4 Å². The molecule has 3 rings (SSSR count). The lowest BCUT2D eigenvalue weighted by Crippen LogP contribution is -2.13. The Morgan fingerprint density at radius 3 is 2.36 bits per heavy atom. The minimum atomic E-state index is -0.166. The molecule has 1 amide bonds. The van der Waals surface area contributed by atoms with Crippen LogP contribution in [0.25, 0.3) is 0 Å². The van der Waals surface area contributed by atoms with Crippen molar-refractivity contribution >= 4 is 17.3 Å². The highest BCUT2D eigenvalue weighted by Crippen LogP contribution is 2.16. The smallest absolute Gasteiger partial charge is 0.257 e. The van der Waals surface area contributed by atoms with E-state index in [2.05, 4.69) is 33.8 Å². The maximum atomic E-state index is 12.5. The summed E-state index contributed by atoms with van der Waals surface area (Å²) in [5, 5.41) is 6.23. The van der Waals surface area contributed by atoms with Gasteiger partial charge in [0.1, 0.15) is 0 Å². The van der Waals surface area contributed by atoms with E-state index in [-0.39, 0.29) is 5.91 Å². The van der Waals surface area contributed by atoms with Gasteiger partial charge >= 0.3 is 0 Å². The largest absolute Gasteiger partial charge is 0.380 e. The molecule has 25 heavy (non-hydrogen) atoms. The number of carbonyl (C=O) groups is 1. The van der Waals surface area contributed by atoms with Gasteiger partial charge in [0, 0.05) is 24.6 Å². The number of pyridine rings is 1. The zero-order valence-electron chi connectivity index (χ0n) is 14.4. The molecule has 126 valence electrons. The molecule has 0 unspecified atom stereocenters. The fourth-order valence-corrected chi connectivity index (χ4v) is 2.71. The molecule has 1 heterocycles. The van der Waals surface area contributed by atoms with Crippen molar-refractivity contribution in [3.8, 4) is 0 Å². The van der Waals surface area contributed by atoms with Crippen LogP contribution in [-0.2, 0) is 6.54 Å². The van der Waals surface area contributed by atoms with Crippen LogP contribution in [0.15, 0.2) is 67.0 Å². The number of aryl methyl sites for hydroxylation is 2. The molecule has 2 aromatic carbocycles. The van der Waals surface area contributed by atoms with E-state index in [0.717, 1.165) is 22.5 Å². The van der Waals surface area contributed by atoms with Crippen LogP contribution in [0.3, 0.4) is 0 Å². The number of nitrogens with one attached hydrogen (secondary N) is 2. The van der Waals surface area contributed by atoms with Gasteiger partial charge in [-0.15, -0.1) is 0 Å². The molecule has 0 fully saturated rings. The van der Waals surface area contributed by atoms with Crippen molar-refractivity contribution in [2.24, 2.45) is 0 Å². The van der Waals surface area contributed by atoms with Gasteiger partial charge in [-0.25, -0.2) is 0 Å². The highest BCUT2D eigenvalue weighted by molar-refractivity contribution is 6.04. The lowest BCUT2D eigenvalue weighted by molar-refractivity contribution is 0.102. The molecule has 0 aliphatic heterocycles. The first-order valence-corrected chi connectivity index (χ1v) is 8.23. The molecular weight excluding hydrogens is 310 g/mol. The fraction of sp³-hybridized carbons (Fsp3) is 0.143. The summed E-state index contributed by atoms with van der Waals surface area (Å²) in [6, 6.07) is 17.9. The standard InChI is InChI=1S/C21H21N3O/c1-15-8-16(2)10-19(9-15)24-21(25)18-11-20(14-22-13-18)23-12-17-6-4-3-5-7-17/h3-11,13-14,23H,12H2,1-2H3,(H,24,25). The summed E-state index contributed by atoms with van der Waals surface area (Å²) in [6.07, 6.45) is 3.29. The molecule has 3 aromatic rings. The van der Waals surface area contributed by atoms with Gasteiger partial charge in [0.2, 0.25) is 0 Å². The molecule has 1 aromatic heterocycles. The van der Waals surface area contributed by atoms with Gasteiger partial charge in [-0.05, 0) is 48.7 Å². The first kappa shape index (κ1) is 16.7. The SMILES string of the molecule is Cc1cc(C)cc(NC(=O)c2cncc(NCc3ccccc3)c2)c1. The van der Waals surface area contributed by atoms with Crippen molar-refractivity contribution in [3.05, 3.63) is 89.2 Å². The Kier molecular flexibility index (Phi) is 5.09. The number of carbonyl (C=O) groups excluding carboxylic acids is 1. The van der Waals surface area contributed by atoms with Gasteiger partial charge in [0.05, 0.1) is 11.3 Å². The molecule has 0 radical (unpaired) electrons. The quantitative estimate of drug-likeness (QED) is 0.720.